The molecule has 0 N–H and O–H groups in total. The van der Waals surface area contributed by atoms with Crippen molar-refractivity contribution in [1.29, 1.82) is 0 Å². The Hall–Kier alpha value is -2.75. The second kappa shape index (κ2) is 9.24. The molecule has 1 fully saturated rings. The van der Waals surface area contributed by atoms with Gasteiger partial charge in [0.25, 0.3) is 0 Å². The minimum Gasteiger partial charge on any atom is -0.491 e. The Morgan fingerprint density at radius 2 is 1.64 bits per heavy atom. The fraction of sp³-hybridized carbons (Fsp3) is 0.417. The predicted molar refractivity (Wildman–Crippen MR) is 125 cm³/mol. The smallest absolute Gasteiger partial charge is 0.243 e. The van der Waals surface area contributed by atoms with Gasteiger partial charge in [-0.05, 0) is 86.7 Å². The maximum Gasteiger partial charge on any atom is 0.243 e. The van der Waals surface area contributed by atoms with Crippen LogP contribution < -0.4 is 4.74 Å². The van der Waals surface area contributed by atoms with E-state index in [0.717, 1.165) is 33.5 Å². The number of ether oxygens (including phenoxy) is 2. The van der Waals surface area contributed by atoms with Gasteiger partial charge < -0.3 is 9.47 Å². The SMILES string of the molecule is Cc1c(C)c(C)c(S(=O)(=O)N2CCOC(COc3ccc(-n4cncn4)cc3)C2)c(C)c1C. The van der Waals surface area contributed by atoms with E-state index in [4.69, 9.17) is 9.47 Å². The highest BCUT2D eigenvalue weighted by atomic mass is 32.2. The molecule has 1 aliphatic rings. The summed E-state index contributed by atoms with van der Waals surface area (Å²) in [6, 6.07) is 7.46. The topological polar surface area (TPSA) is 86.5 Å². The molecule has 0 bridgehead atoms. The molecular weight excluding hydrogens is 440 g/mol. The first kappa shape index (κ1) is 23.4. The van der Waals surface area contributed by atoms with Gasteiger partial charge in [-0.1, -0.05) is 0 Å². The number of rotatable bonds is 6. The molecule has 0 saturated carbocycles. The normalized spacial score (nSPS) is 17.3. The summed E-state index contributed by atoms with van der Waals surface area (Å²) in [5.41, 5.74) is 5.72. The lowest BCUT2D eigenvalue weighted by Crippen LogP contribution is -2.47. The number of hydrogen-bond donors (Lipinski definition) is 0. The van der Waals surface area contributed by atoms with Crippen LogP contribution in [0.4, 0.5) is 0 Å². The molecule has 33 heavy (non-hydrogen) atoms. The van der Waals surface area contributed by atoms with Crippen LogP contribution in [0.5, 0.6) is 5.75 Å². The van der Waals surface area contributed by atoms with Crippen LogP contribution >= 0.6 is 0 Å². The summed E-state index contributed by atoms with van der Waals surface area (Å²) in [5, 5.41) is 4.10. The molecule has 0 radical (unpaired) electrons. The number of benzene rings is 2. The number of aromatic nitrogens is 3. The van der Waals surface area contributed by atoms with Crippen LogP contribution in [-0.4, -0.2) is 59.9 Å². The van der Waals surface area contributed by atoms with Gasteiger partial charge in [-0.2, -0.15) is 9.40 Å². The standard InChI is InChI=1S/C24H30N4O4S/c1-16-17(2)19(4)24(20(5)18(16)3)33(29,30)27-10-11-31-23(12-27)13-32-22-8-6-21(7-9-22)28-15-25-14-26-28/h6-9,14-15,23H,10-13H2,1-5H3. The van der Waals surface area contributed by atoms with Gasteiger partial charge in [0.1, 0.15) is 31.1 Å². The van der Waals surface area contributed by atoms with E-state index in [0.29, 0.717) is 23.8 Å². The maximum absolute atomic E-state index is 13.6. The predicted octanol–water partition coefficient (Wildman–Crippen LogP) is 3.28. The minimum atomic E-state index is -3.65. The Balaban J connectivity index is 1.46. The van der Waals surface area contributed by atoms with Gasteiger partial charge in [0.2, 0.25) is 10.0 Å². The fourth-order valence-electron chi connectivity index (χ4n) is 4.22. The van der Waals surface area contributed by atoms with E-state index < -0.39 is 10.0 Å². The van der Waals surface area contributed by atoms with Gasteiger partial charge in [0.05, 0.1) is 17.2 Å². The number of hydrogen-bond acceptors (Lipinski definition) is 6. The summed E-state index contributed by atoms with van der Waals surface area (Å²) in [5.74, 6) is 0.680. The van der Waals surface area contributed by atoms with E-state index >= 15 is 0 Å². The average molecular weight is 471 g/mol. The van der Waals surface area contributed by atoms with E-state index in [9.17, 15) is 8.42 Å². The summed E-state index contributed by atoms with van der Waals surface area (Å²) in [4.78, 5) is 4.37. The lowest BCUT2D eigenvalue weighted by atomic mass is 9.95. The van der Waals surface area contributed by atoms with Crippen LogP contribution in [0.15, 0.2) is 41.8 Å². The molecule has 2 heterocycles. The first-order valence-corrected chi connectivity index (χ1v) is 12.4. The summed E-state index contributed by atoms with van der Waals surface area (Å²) in [6.07, 6.45) is 2.76. The van der Waals surface area contributed by atoms with Crippen LogP contribution in [0.1, 0.15) is 27.8 Å². The largest absolute Gasteiger partial charge is 0.491 e. The monoisotopic (exact) mass is 470 g/mol. The van der Waals surface area contributed by atoms with Gasteiger partial charge in [-0.15, -0.1) is 0 Å². The molecule has 8 nitrogen and oxygen atoms in total. The second-order valence-electron chi connectivity index (χ2n) is 8.45. The molecule has 4 rings (SSSR count). The highest BCUT2D eigenvalue weighted by Gasteiger charge is 2.34. The third kappa shape index (κ3) is 4.53. The molecule has 0 aliphatic carbocycles. The van der Waals surface area contributed by atoms with Crippen molar-refractivity contribution in [2.75, 3.05) is 26.3 Å². The van der Waals surface area contributed by atoms with Crippen molar-refractivity contribution in [3.05, 3.63) is 64.7 Å². The third-order valence-electron chi connectivity index (χ3n) is 6.59. The molecular formula is C24H30N4O4S. The van der Waals surface area contributed by atoms with E-state index in [-0.39, 0.29) is 19.3 Å². The Labute approximate surface area is 195 Å². The van der Waals surface area contributed by atoms with Crippen LogP contribution in [-0.2, 0) is 14.8 Å². The van der Waals surface area contributed by atoms with Crippen molar-refractivity contribution in [3.8, 4) is 11.4 Å². The summed E-state index contributed by atoms with van der Waals surface area (Å²) < 4.78 is 42.2. The lowest BCUT2D eigenvalue weighted by Gasteiger charge is -2.33. The zero-order valence-corrected chi connectivity index (χ0v) is 20.5. The van der Waals surface area contributed by atoms with Crippen molar-refractivity contribution < 1.29 is 17.9 Å². The van der Waals surface area contributed by atoms with Crippen molar-refractivity contribution >= 4 is 10.0 Å². The van der Waals surface area contributed by atoms with Crippen molar-refractivity contribution in [3.63, 3.8) is 0 Å². The highest BCUT2D eigenvalue weighted by Crippen LogP contribution is 2.32. The van der Waals surface area contributed by atoms with Gasteiger partial charge in [0.15, 0.2) is 0 Å². The average Bonchev–Trinajstić information content (AvgIpc) is 3.36. The molecule has 0 spiro atoms. The molecule has 1 saturated heterocycles. The summed E-state index contributed by atoms with van der Waals surface area (Å²) in [6.45, 7) is 11.0. The van der Waals surface area contributed by atoms with Crippen LogP contribution in [0.25, 0.3) is 5.69 Å². The minimum absolute atomic E-state index is 0.254. The Bertz CT molecular complexity index is 1210. The quantitative estimate of drug-likeness (QED) is 0.550. The molecule has 176 valence electrons. The van der Waals surface area contributed by atoms with E-state index in [2.05, 4.69) is 10.1 Å². The Morgan fingerprint density at radius 1 is 1.00 bits per heavy atom. The van der Waals surface area contributed by atoms with Crippen LogP contribution in [0, 0.1) is 34.6 Å². The van der Waals surface area contributed by atoms with Gasteiger partial charge >= 0.3 is 0 Å². The van der Waals surface area contributed by atoms with Crippen molar-refractivity contribution in [2.24, 2.45) is 0 Å². The Morgan fingerprint density at radius 3 is 2.24 bits per heavy atom. The first-order chi connectivity index (χ1) is 15.7. The van der Waals surface area contributed by atoms with Gasteiger partial charge in [0, 0.05) is 13.1 Å². The zero-order chi connectivity index (χ0) is 23.8. The molecule has 3 aromatic rings. The fourth-order valence-corrected chi connectivity index (χ4v) is 6.23. The molecule has 1 aliphatic heterocycles. The molecule has 0 amide bonds. The zero-order valence-electron chi connectivity index (χ0n) is 19.7. The van der Waals surface area contributed by atoms with Crippen molar-refractivity contribution in [1.82, 2.24) is 19.1 Å². The molecule has 1 atom stereocenters. The highest BCUT2D eigenvalue weighted by molar-refractivity contribution is 7.89. The third-order valence-corrected chi connectivity index (χ3v) is 8.73. The Kier molecular flexibility index (Phi) is 6.56. The van der Waals surface area contributed by atoms with E-state index in [1.807, 2.05) is 58.9 Å². The van der Waals surface area contributed by atoms with Gasteiger partial charge in [-0.3, -0.25) is 0 Å². The van der Waals surface area contributed by atoms with Gasteiger partial charge in [-0.25, -0.2) is 18.1 Å². The van der Waals surface area contributed by atoms with E-state index in [1.54, 1.807) is 11.0 Å². The second-order valence-corrected chi connectivity index (χ2v) is 10.3. The first-order valence-electron chi connectivity index (χ1n) is 11.0. The van der Waals surface area contributed by atoms with Crippen LogP contribution in [0.3, 0.4) is 0 Å². The lowest BCUT2D eigenvalue weighted by molar-refractivity contribution is -0.0249. The molecule has 9 heteroatoms. The summed E-state index contributed by atoms with van der Waals surface area (Å²) in [7, 11) is -3.65. The molecule has 2 aromatic carbocycles. The van der Waals surface area contributed by atoms with E-state index in [1.165, 1.54) is 10.6 Å². The number of sulfonamides is 1. The molecule has 1 aromatic heterocycles. The van der Waals surface area contributed by atoms with Crippen LogP contribution in [0.2, 0.25) is 0 Å². The summed E-state index contributed by atoms with van der Waals surface area (Å²) >= 11 is 0. The molecule has 1 unspecified atom stereocenters. The van der Waals surface area contributed by atoms with Crippen molar-refractivity contribution in [2.45, 2.75) is 45.6 Å². The number of morpholine rings is 1. The number of nitrogens with zero attached hydrogens (tertiary/aromatic N) is 4. The maximum atomic E-state index is 13.6.